The molecule has 0 bridgehead atoms. The molecule has 0 aliphatic rings. The largest absolute Gasteiger partial charge is 0.466 e. The number of fused-ring (bicyclic) bond motifs is 1. The molecule has 0 amide bonds. The first-order valence-corrected chi connectivity index (χ1v) is 9.56. The van der Waals surface area contributed by atoms with Gasteiger partial charge in [-0.1, -0.05) is 42.1 Å². The summed E-state index contributed by atoms with van der Waals surface area (Å²) in [6.45, 7) is 3.89. The first-order valence-electron chi connectivity index (χ1n) is 8.58. The van der Waals surface area contributed by atoms with Gasteiger partial charge in [-0.3, -0.25) is 4.79 Å². The first kappa shape index (κ1) is 19.1. The van der Waals surface area contributed by atoms with Crippen molar-refractivity contribution in [2.24, 2.45) is 0 Å². The number of para-hydroxylation sites is 1. The van der Waals surface area contributed by atoms with E-state index in [1.54, 1.807) is 6.92 Å². The number of ether oxygens (including phenoxy) is 1. The van der Waals surface area contributed by atoms with Gasteiger partial charge in [0.2, 0.25) is 5.89 Å². The molecule has 0 fully saturated rings. The van der Waals surface area contributed by atoms with Gasteiger partial charge in [-0.25, -0.2) is 9.97 Å². The minimum atomic E-state index is -0.380. The molecule has 0 saturated heterocycles. The number of esters is 1. The minimum absolute atomic E-state index is 0.0103. The first-order chi connectivity index (χ1) is 13.2. The van der Waals surface area contributed by atoms with E-state index in [4.69, 9.17) is 9.15 Å². The molecule has 1 aromatic carbocycles. The van der Waals surface area contributed by atoms with Crippen molar-refractivity contribution in [2.75, 3.05) is 12.5 Å². The molecule has 0 saturated carbocycles. The smallest absolute Gasteiger partial charge is 0.312 e. The van der Waals surface area contributed by atoms with Crippen LogP contribution in [-0.4, -0.2) is 33.6 Å². The van der Waals surface area contributed by atoms with Gasteiger partial charge in [-0.2, -0.15) is 0 Å². The van der Waals surface area contributed by atoms with Gasteiger partial charge < -0.3 is 14.3 Å². The third-order valence-corrected chi connectivity index (χ3v) is 4.70. The summed E-state index contributed by atoms with van der Waals surface area (Å²) in [5, 5.41) is 10.3. The van der Waals surface area contributed by atoms with Gasteiger partial charge in [0.15, 0.2) is 5.76 Å². The SMILES string of the molecule is C/C=C(\SCO)c1oc(-c2ccc3ccccc3n2)nc1CC(=O)OCC. The number of hydrogen-bond donors (Lipinski definition) is 1. The Morgan fingerprint density at radius 3 is 2.81 bits per heavy atom. The number of pyridine rings is 1. The van der Waals surface area contributed by atoms with E-state index in [1.165, 1.54) is 11.8 Å². The summed E-state index contributed by atoms with van der Waals surface area (Å²) in [6.07, 6.45) is 1.80. The van der Waals surface area contributed by atoms with Crippen LogP contribution >= 0.6 is 11.8 Å². The fourth-order valence-electron chi connectivity index (χ4n) is 2.66. The number of aromatic nitrogens is 2. The number of aliphatic hydroxyl groups is 1. The molecule has 0 unspecified atom stereocenters. The van der Waals surface area contributed by atoms with Crippen molar-refractivity contribution in [1.82, 2.24) is 9.97 Å². The van der Waals surface area contributed by atoms with Crippen LogP contribution in [0.3, 0.4) is 0 Å². The highest BCUT2D eigenvalue weighted by Crippen LogP contribution is 2.33. The van der Waals surface area contributed by atoms with Crippen molar-refractivity contribution < 1.29 is 19.1 Å². The third-order valence-electron chi connectivity index (χ3n) is 3.84. The van der Waals surface area contributed by atoms with Gasteiger partial charge in [0, 0.05) is 5.39 Å². The second-order valence-electron chi connectivity index (χ2n) is 5.59. The Labute approximate surface area is 161 Å². The van der Waals surface area contributed by atoms with Gasteiger partial charge in [-0.15, -0.1) is 0 Å². The number of thioether (sulfide) groups is 1. The summed E-state index contributed by atoms with van der Waals surface area (Å²) in [4.78, 5) is 21.8. The highest BCUT2D eigenvalue weighted by molar-refractivity contribution is 8.08. The van der Waals surface area contributed by atoms with Gasteiger partial charge in [-0.05, 0) is 26.0 Å². The molecule has 3 aromatic rings. The number of carbonyl (C=O) groups is 1. The van der Waals surface area contributed by atoms with Gasteiger partial charge in [0.25, 0.3) is 0 Å². The lowest BCUT2D eigenvalue weighted by Gasteiger charge is -2.04. The second kappa shape index (κ2) is 8.83. The van der Waals surface area contributed by atoms with E-state index in [-0.39, 0.29) is 18.3 Å². The van der Waals surface area contributed by atoms with Crippen molar-refractivity contribution in [1.29, 1.82) is 0 Å². The topological polar surface area (TPSA) is 85.5 Å². The third kappa shape index (κ3) is 4.37. The highest BCUT2D eigenvalue weighted by atomic mass is 32.2. The van der Waals surface area contributed by atoms with E-state index < -0.39 is 0 Å². The van der Waals surface area contributed by atoms with Crippen LogP contribution < -0.4 is 0 Å². The fraction of sp³-hybridized carbons (Fsp3) is 0.250. The molecular formula is C20H20N2O4S. The Morgan fingerprint density at radius 1 is 1.26 bits per heavy atom. The molecule has 140 valence electrons. The van der Waals surface area contributed by atoms with E-state index >= 15 is 0 Å². The second-order valence-corrected chi connectivity index (χ2v) is 6.58. The monoisotopic (exact) mass is 384 g/mol. The summed E-state index contributed by atoms with van der Waals surface area (Å²) in [5.74, 6) is 0.292. The molecule has 27 heavy (non-hydrogen) atoms. The molecule has 0 aliphatic carbocycles. The Morgan fingerprint density at radius 2 is 2.07 bits per heavy atom. The van der Waals surface area contributed by atoms with Crippen LogP contribution in [-0.2, 0) is 16.0 Å². The highest BCUT2D eigenvalue weighted by Gasteiger charge is 2.21. The molecule has 0 atom stereocenters. The molecule has 2 heterocycles. The van der Waals surface area contributed by atoms with Gasteiger partial charge >= 0.3 is 5.97 Å². The number of oxazole rings is 1. The summed E-state index contributed by atoms with van der Waals surface area (Å²) in [6, 6.07) is 11.6. The molecule has 7 heteroatoms. The molecule has 0 radical (unpaired) electrons. The molecule has 1 N–H and O–H groups in total. The maximum Gasteiger partial charge on any atom is 0.312 e. The normalized spacial score (nSPS) is 11.7. The zero-order valence-electron chi connectivity index (χ0n) is 15.1. The van der Waals surface area contributed by atoms with E-state index in [0.29, 0.717) is 34.6 Å². The van der Waals surface area contributed by atoms with Crippen molar-refractivity contribution in [3.05, 3.63) is 53.9 Å². The van der Waals surface area contributed by atoms with Crippen LogP contribution in [0.15, 0.2) is 46.9 Å². The predicted molar refractivity (Wildman–Crippen MR) is 106 cm³/mol. The average Bonchev–Trinajstić information content (AvgIpc) is 3.09. The molecular weight excluding hydrogens is 364 g/mol. The number of hydrogen-bond acceptors (Lipinski definition) is 7. The van der Waals surface area contributed by atoms with Crippen molar-refractivity contribution in [3.63, 3.8) is 0 Å². The number of aliphatic hydroxyl groups excluding tert-OH is 1. The minimum Gasteiger partial charge on any atom is -0.466 e. The number of rotatable bonds is 7. The number of nitrogens with zero attached hydrogens (tertiary/aromatic N) is 2. The van der Waals surface area contributed by atoms with Crippen LogP contribution in [0.4, 0.5) is 0 Å². The summed E-state index contributed by atoms with van der Waals surface area (Å²) in [5.41, 5.74) is 1.87. The standard InChI is InChI=1S/C20H20N2O4S/c1-3-17(27-12-23)19-16(11-18(24)25-4-2)22-20(26-19)15-10-9-13-7-5-6-8-14(13)21-15/h3,5-10,23H,4,11-12H2,1-2H3/b17-3-. The number of benzene rings is 1. The van der Waals surface area contributed by atoms with Crippen molar-refractivity contribution in [2.45, 2.75) is 20.3 Å². The molecule has 3 rings (SSSR count). The summed E-state index contributed by atoms with van der Waals surface area (Å²) >= 11 is 1.21. The number of carbonyl (C=O) groups excluding carboxylic acids is 1. The molecule has 0 spiro atoms. The summed E-state index contributed by atoms with van der Waals surface area (Å²) < 4.78 is 11.0. The van der Waals surface area contributed by atoms with Crippen LogP contribution in [0.1, 0.15) is 25.3 Å². The van der Waals surface area contributed by atoms with E-state index in [9.17, 15) is 9.90 Å². The summed E-state index contributed by atoms with van der Waals surface area (Å²) in [7, 11) is 0. The Hall–Kier alpha value is -2.64. The predicted octanol–water partition coefficient (Wildman–Crippen LogP) is 4.04. The van der Waals surface area contributed by atoms with E-state index in [2.05, 4.69) is 9.97 Å². The molecule has 2 aromatic heterocycles. The van der Waals surface area contributed by atoms with Crippen LogP contribution in [0.25, 0.3) is 27.4 Å². The average molecular weight is 384 g/mol. The van der Waals surface area contributed by atoms with E-state index in [0.717, 1.165) is 10.9 Å². The zero-order chi connectivity index (χ0) is 19.2. The van der Waals surface area contributed by atoms with Gasteiger partial charge in [0.1, 0.15) is 5.69 Å². The van der Waals surface area contributed by atoms with Crippen molar-refractivity contribution in [3.8, 4) is 11.6 Å². The lowest BCUT2D eigenvalue weighted by atomic mass is 10.2. The van der Waals surface area contributed by atoms with Crippen LogP contribution in [0.2, 0.25) is 0 Å². The maximum atomic E-state index is 12.0. The van der Waals surface area contributed by atoms with Crippen LogP contribution in [0.5, 0.6) is 0 Å². The Balaban J connectivity index is 2.04. The molecule has 0 aliphatic heterocycles. The van der Waals surface area contributed by atoms with Crippen LogP contribution in [0, 0.1) is 0 Å². The number of allylic oxidation sites excluding steroid dienone is 1. The Bertz CT molecular complexity index is 981. The Kier molecular flexibility index (Phi) is 6.26. The van der Waals surface area contributed by atoms with Gasteiger partial charge in [0.05, 0.1) is 35.1 Å². The van der Waals surface area contributed by atoms with E-state index in [1.807, 2.05) is 49.4 Å². The lowest BCUT2D eigenvalue weighted by Crippen LogP contribution is -2.09. The maximum absolute atomic E-state index is 12.0. The van der Waals surface area contributed by atoms with Crippen molar-refractivity contribution >= 4 is 33.5 Å². The lowest BCUT2D eigenvalue weighted by molar-refractivity contribution is -0.142. The fourth-order valence-corrected chi connectivity index (χ4v) is 3.25. The zero-order valence-corrected chi connectivity index (χ0v) is 16.0. The molecule has 6 nitrogen and oxygen atoms in total. The quantitative estimate of drug-likeness (QED) is 0.486.